The second-order valence-electron chi connectivity index (χ2n) is 6.53. The molecule has 0 unspecified atom stereocenters. The molecule has 0 aliphatic rings. The van der Waals surface area contributed by atoms with Crippen molar-refractivity contribution in [3.63, 3.8) is 0 Å². The minimum absolute atomic E-state index is 0.343. The summed E-state index contributed by atoms with van der Waals surface area (Å²) in [5.74, 6) is 0.475. The Morgan fingerprint density at radius 3 is 1.52 bits per heavy atom. The summed E-state index contributed by atoms with van der Waals surface area (Å²) in [6.07, 6.45) is 0.971. The van der Waals surface area contributed by atoms with Gasteiger partial charge in [-0.15, -0.1) is 0 Å². The Bertz CT molecular complexity index is 1030. The molecule has 0 atom stereocenters. The molecule has 0 saturated heterocycles. The van der Waals surface area contributed by atoms with Gasteiger partial charge in [0.05, 0.1) is 41.5 Å². The number of hydrogen-bond acceptors (Lipinski definition) is 7. The van der Waals surface area contributed by atoms with Gasteiger partial charge in [0.25, 0.3) is 0 Å². The predicted molar refractivity (Wildman–Crippen MR) is 119 cm³/mol. The second kappa shape index (κ2) is 11.3. The van der Waals surface area contributed by atoms with Crippen LogP contribution in [0.2, 0.25) is 0 Å². The molecule has 0 aromatic heterocycles. The van der Waals surface area contributed by atoms with Gasteiger partial charge < -0.3 is 9.47 Å². The molecule has 0 radical (unpaired) electrons. The van der Waals surface area contributed by atoms with Crippen LogP contribution in [0.5, 0.6) is 5.75 Å². The average Bonchev–Trinajstić information content (AvgIpc) is 2.82. The highest BCUT2D eigenvalue weighted by molar-refractivity contribution is 5.89. The van der Waals surface area contributed by atoms with Gasteiger partial charge >= 0.3 is 5.97 Å². The van der Waals surface area contributed by atoms with Crippen LogP contribution in [0.3, 0.4) is 0 Å². The first-order chi connectivity index (χ1) is 15.2. The third-order valence-electron chi connectivity index (χ3n) is 4.10. The van der Waals surface area contributed by atoms with Crippen molar-refractivity contribution in [2.24, 2.45) is 20.5 Å². The van der Waals surface area contributed by atoms with Crippen molar-refractivity contribution in [2.45, 2.75) is 20.3 Å². The quantitative estimate of drug-likeness (QED) is 0.267. The summed E-state index contributed by atoms with van der Waals surface area (Å²) < 4.78 is 10.5. The Labute approximate surface area is 181 Å². The smallest absolute Gasteiger partial charge is 0.338 e. The molecule has 7 heteroatoms. The van der Waals surface area contributed by atoms with E-state index >= 15 is 0 Å². The first-order valence-electron chi connectivity index (χ1n) is 10.1. The van der Waals surface area contributed by atoms with Gasteiger partial charge in [0, 0.05) is 0 Å². The van der Waals surface area contributed by atoms with Crippen LogP contribution >= 0.6 is 0 Å². The number of hydrogen-bond donors (Lipinski definition) is 0. The molecule has 0 heterocycles. The zero-order valence-electron chi connectivity index (χ0n) is 17.6. The molecule has 0 aliphatic carbocycles. The van der Waals surface area contributed by atoms with Crippen LogP contribution in [-0.2, 0) is 4.74 Å². The van der Waals surface area contributed by atoms with Gasteiger partial charge in [-0.2, -0.15) is 20.5 Å². The number of esters is 1. The molecular formula is C24H24N4O3. The third kappa shape index (κ3) is 6.85. The molecule has 0 spiro atoms. The normalized spacial score (nSPS) is 11.2. The summed E-state index contributed by atoms with van der Waals surface area (Å²) in [5, 5.41) is 16.9. The lowest BCUT2D eigenvalue weighted by molar-refractivity contribution is 0.0526. The van der Waals surface area contributed by atoms with Crippen LogP contribution in [0.15, 0.2) is 93.3 Å². The molecule has 3 rings (SSSR count). The zero-order chi connectivity index (χ0) is 21.9. The van der Waals surface area contributed by atoms with Crippen molar-refractivity contribution < 1.29 is 14.3 Å². The number of carbonyl (C=O) groups is 1. The van der Waals surface area contributed by atoms with E-state index in [0.29, 0.717) is 35.8 Å². The van der Waals surface area contributed by atoms with E-state index in [1.165, 1.54) is 0 Å². The lowest BCUT2D eigenvalue weighted by Gasteiger charge is -2.03. The van der Waals surface area contributed by atoms with E-state index in [9.17, 15) is 4.79 Å². The fourth-order valence-corrected chi connectivity index (χ4v) is 2.52. The van der Waals surface area contributed by atoms with E-state index in [4.69, 9.17) is 9.47 Å². The first kappa shape index (κ1) is 21.8. The maximum atomic E-state index is 11.7. The monoisotopic (exact) mass is 416 g/mol. The molecular weight excluding hydrogens is 392 g/mol. The highest BCUT2D eigenvalue weighted by Crippen LogP contribution is 2.24. The maximum absolute atomic E-state index is 11.7. The number of nitrogens with zero attached hydrogens (tertiary/aromatic N) is 4. The molecule has 0 saturated carbocycles. The molecule has 158 valence electrons. The van der Waals surface area contributed by atoms with Gasteiger partial charge in [0.15, 0.2) is 0 Å². The largest absolute Gasteiger partial charge is 0.494 e. The molecule has 7 nitrogen and oxygen atoms in total. The van der Waals surface area contributed by atoms with Crippen molar-refractivity contribution in [2.75, 3.05) is 13.2 Å². The maximum Gasteiger partial charge on any atom is 0.338 e. The molecule has 31 heavy (non-hydrogen) atoms. The Morgan fingerprint density at radius 1 is 0.677 bits per heavy atom. The fraction of sp³-hybridized carbons (Fsp3) is 0.208. The van der Waals surface area contributed by atoms with Crippen LogP contribution in [0.4, 0.5) is 22.7 Å². The van der Waals surface area contributed by atoms with E-state index in [1.54, 1.807) is 31.2 Å². The van der Waals surface area contributed by atoms with Crippen molar-refractivity contribution in [1.29, 1.82) is 0 Å². The fourth-order valence-electron chi connectivity index (χ4n) is 2.52. The molecule has 0 aliphatic heterocycles. The molecule has 3 aromatic carbocycles. The van der Waals surface area contributed by atoms with Crippen molar-refractivity contribution >= 4 is 28.7 Å². The van der Waals surface area contributed by atoms with Crippen LogP contribution in [0.1, 0.15) is 30.6 Å². The van der Waals surface area contributed by atoms with Crippen molar-refractivity contribution in [1.82, 2.24) is 0 Å². The Kier molecular flexibility index (Phi) is 7.99. The standard InChI is InChI=1S/C24H24N4O3/c1-3-17-31-23-15-13-22(14-16-23)28-27-21-11-9-20(10-12-21)26-25-19-7-5-18(6-8-19)24(29)30-4-2/h5-16H,3-4,17H2,1-2H3. The number of ether oxygens (including phenoxy) is 2. The zero-order valence-corrected chi connectivity index (χ0v) is 17.6. The summed E-state index contributed by atoms with van der Waals surface area (Å²) >= 11 is 0. The van der Waals surface area contributed by atoms with E-state index in [1.807, 2.05) is 48.5 Å². The average molecular weight is 416 g/mol. The minimum Gasteiger partial charge on any atom is -0.494 e. The number of carbonyl (C=O) groups excluding carboxylic acids is 1. The number of azo groups is 2. The second-order valence-corrected chi connectivity index (χ2v) is 6.53. The molecule has 0 bridgehead atoms. The molecule has 0 fully saturated rings. The van der Waals surface area contributed by atoms with Gasteiger partial charge in [-0.1, -0.05) is 6.92 Å². The van der Waals surface area contributed by atoms with E-state index in [-0.39, 0.29) is 5.97 Å². The van der Waals surface area contributed by atoms with E-state index in [2.05, 4.69) is 27.4 Å². The van der Waals surface area contributed by atoms with Gasteiger partial charge in [-0.05, 0) is 86.1 Å². The highest BCUT2D eigenvalue weighted by atomic mass is 16.5. The summed E-state index contributed by atoms with van der Waals surface area (Å²) in [5.41, 5.74) is 3.27. The van der Waals surface area contributed by atoms with Crippen LogP contribution in [0, 0.1) is 0 Å². The summed E-state index contributed by atoms with van der Waals surface area (Å²) in [4.78, 5) is 11.7. The first-order valence-corrected chi connectivity index (χ1v) is 10.1. The van der Waals surface area contributed by atoms with Gasteiger partial charge in [-0.3, -0.25) is 0 Å². The Hall–Kier alpha value is -3.87. The van der Waals surface area contributed by atoms with Crippen LogP contribution < -0.4 is 4.74 Å². The molecule has 0 N–H and O–H groups in total. The molecule has 0 amide bonds. The summed E-state index contributed by atoms with van der Waals surface area (Å²) in [6.45, 7) is 4.88. The highest BCUT2D eigenvalue weighted by Gasteiger charge is 2.05. The SMILES string of the molecule is CCCOc1ccc(N=Nc2ccc(N=Nc3ccc(C(=O)OCC)cc3)cc2)cc1. The Balaban J connectivity index is 1.57. The van der Waals surface area contributed by atoms with E-state index in [0.717, 1.165) is 17.9 Å². The van der Waals surface area contributed by atoms with Crippen LogP contribution in [0.25, 0.3) is 0 Å². The van der Waals surface area contributed by atoms with Gasteiger partial charge in [-0.25, -0.2) is 4.79 Å². The number of benzene rings is 3. The summed E-state index contributed by atoms with van der Waals surface area (Å²) in [6, 6.07) is 21.5. The van der Waals surface area contributed by atoms with Gasteiger partial charge in [0.2, 0.25) is 0 Å². The number of rotatable bonds is 9. The van der Waals surface area contributed by atoms with E-state index < -0.39 is 0 Å². The van der Waals surface area contributed by atoms with Gasteiger partial charge in [0.1, 0.15) is 5.75 Å². The van der Waals surface area contributed by atoms with Crippen molar-refractivity contribution in [3.05, 3.63) is 78.4 Å². The topological polar surface area (TPSA) is 85.0 Å². The summed E-state index contributed by atoms with van der Waals surface area (Å²) in [7, 11) is 0. The lowest BCUT2D eigenvalue weighted by atomic mass is 10.2. The van der Waals surface area contributed by atoms with Crippen molar-refractivity contribution in [3.8, 4) is 5.75 Å². The molecule has 3 aromatic rings. The predicted octanol–water partition coefficient (Wildman–Crippen LogP) is 7.48. The Morgan fingerprint density at radius 2 is 1.10 bits per heavy atom. The lowest BCUT2D eigenvalue weighted by Crippen LogP contribution is -2.03. The third-order valence-corrected chi connectivity index (χ3v) is 4.10. The van der Waals surface area contributed by atoms with Crippen LogP contribution in [-0.4, -0.2) is 19.2 Å². The minimum atomic E-state index is -0.350.